The van der Waals surface area contributed by atoms with Crippen molar-refractivity contribution in [2.24, 2.45) is 0 Å². The van der Waals surface area contributed by atoms with Crippen molar-refractivity contribution in [3.05, 3.63) is 43.5 Å². The van der Waals surface area contributed by atoms with Crippen LogP contribution in [0.4, 0.5) is 5.69 Å². The molecule has 118 valence electrons. The largest absolute Gasteiger partial charge is 0.493 e. The molecule has 22 heavy (non-hydrogen) atoms. The zero-order valence-electron chi connectivity index (χ0n) is 12.8. The summed E-state index contributed by atoms with van der Waals surface area (Å²) in [5.74, 6) is -0.404. The average molecular weight is 304 g/mol. The Morgan fingerprint density at radius 1 is 1.14 bits per heavy atom. The summed E-state index contributed by atoms with van der Waals surface area (Å²) < 4.78 is 10.3. The number of rotatable bonds is 7. The van der Waals surface area contributed by atoms with Crippen molar-refractivity contribution in [2.75, 3.05) is 32.6 Å². The standard InChI is InChI=1S/C16H20N2O4/c1-5-9-18(10-6-2)16(20)15(19)17-12-7-8-13(21-3)14(11-12)22-4/h5-8,11H,1-2,9-10H2,3-4H3,(H,17,19). The van der Waals surface area contributed by atoms with Gasteiger partial charge in [0, 0.05) is 24.8 Å². The molecule has 0 atom stereocenters. The summed E-state index contributed by atoms with van der Waals surface area (Å²) in [5.41, 5.74) is 0.438. The molecule has 0 unspecified atom stereocenters. The summed E-state index contributed by atoms with van der Waals surface area (Å²) in [6.45, 7) is 7.66. The SMILES string of the molecule is C=CCN(CC=C)C(=O)C(=O)Nc1ccc(OC)c(OC)c1. The number of carbonyl (C=O) groups excluding carboxylic acids is 2. The van der Waals surface area contributed by atoms with Crippen LogP contribution in [0.1, 0.15) is 0 Å². The molecule has 0 fully saturated rings. The Kier molecular flexibility index (Phi) is 6.69. The molecule has 0 aliphatic heterocycles. The summed E-state index contributed by atoms with van der Waals surface area (Å²) in [6, 6.07) is 4.84. The van der Waals surface area contributed by atoms with Gasteiger partial charge in [-0.15, -0.1) is 13.2 Å². The van der Waals surface area contributed by atoms with Crippen molar-refractivity contribution >= 4 is 17.5 Å². The van der Waals surface area contributed by atoms with Crippen LogP contribution in [-0.2, 0) is 9.59 Å². The van der Waals surface area contributed by atoms with E-state index in [0.717, 1.165) is 0 Å². The van der Waals surface area contributed by atoms with E-state index in [1.807, 2.05) is 0 Å². The van der Waals surface area contributed by atoms with Gasteiger partial charge in [0.1, 0.15) is 0 Å². The third-order valence-corrected chi connectivity index (χ3v) is 2.82. The van der Waals surface area contributed by atoms with E-state index in [1.165, 1.54) is 19.1 Å². The first-order valence-corrected chi connectivity index (χ1v) is 6.61. The molecule has 0 bridgehead atoms. The van der Waals surface area contributed by atoms with Crippen molar-refractivity contribution in [1.29, 1.82) is 0 Å². The van der Waals surface area contributed by atoms with Gasteiger partial charge in [-0.3, -0.25) is 9.59 Å². The van der Waals surface area contributed by atoms with Gasteiger partial charge in [0.2, 0.25) is 0 Å². The van der Waals surface area contributed by atoms with Gasteiger partial charge in [-0.1, -0.05) is 12.2 Å². The topological polar surface area (TPSA) is 67.9 Å². The molecule has 0 saturated heterocycles. The summed E-state index contributed by atoms with van der Waals surface area (Å²) >= 11 is 0. The predicted molar refractivity (Wildman–Crippen MR) is 85.1 cm³/mol. The highest BCUT2D eigenvalue weighted by Gasteiger charge is 2.20. The molecule has 6 nitrogen and oxygen atoms in total. The minimum Gasteiger partial charge on any atom is -0.493 e. The summed E-state index contributed by atoms with van der Waals surface area (Å²) in [6.07, 6.45) is 3.09. The fraction of sp³-hybridized carbons (Fsp3) is 0.250. The lowest BCUT2D eigenvalue weighted by atomic mass is 10.2. The maximum atomic E-state index is 12.1. The van der Waals surface area contributed by atoms with E-state index in [1.54, 1.807) is 30.4 Å². The molecule has 1 aromatic carbocycles. The number of hydrogen-bond donors (Lipinski definition) is 1. The summed E-state index contributed by atoms with van der Waals surface area (Å²) in [4.78, 5) is 25.4. The zero-order chi connectivity index (χ0) is 16.5. The number of anilines is 1. The van der Waals surface area contributed by atoms with Crippen molar-refractivity contribution in [3.8, 4) is 11.5 Å². The Morgan fingerprint density at radius 2 is 1.73 bits per heavy atom. The predicted octanol–water partition coefficient (Wildman–Crippen LogP) is 1.84. The van der Waals surface area contributed by atoms with E-state index in [-0.39, 0.29) is 13.1 Å². The van der Waals surface area contributed by atoms with Crippen LogP contribution in [0.2, 0.25) is 0 Å². The lowest BCUT2D eigenvalue weighted by Gasteiger charge is -2.18. The highest BCUT2D eigenvalue weighted by atomic mass is 16.5. The molecule has 0 saturated carbocycles. The number of carbonyl (C=O) groups is 2. The Balaban J connectivity index is 2.84. The maximum absolute atomic E-state index is 12.1. The normalized spacial score (nSPS) is 9.55. The van der Waals surface area contributed by atoms with Gasteiger partial charge in [0.15, 0.2) is 11.5 Å². The first kappa shape index (κ1) is 17.3. The van der Waals surface area contributed by atoms with E-state index < -0.39 is 11.8 Å². The van der Waals surface area contributed by atoms with Crippen molar-refractivity contribution in [2.45, 2.75) is 0 Å². The summed E-state index contributed by atoms with van der Waals surface area (Å²) in [7, 11) is 3.01. The number of ether oxygens (including phenoxy) is 2. The highest BCUT2D eigenvalue weighted by Crippen LogP contribution is 2.29. The number of nitrogens with zero attached hydrogens (tertiary/aromatic N) is 1. The second kappa shape index (κ2) is 8.51. The third-order valence-electron chi connectivity index (χ3n) is 2.82. The Bertz CT molecular complexity index is 559. The van der Waals surface area contributed by atoms with E-state index in [0.29, 0.717) is 17.2 Å². The number of amides is 2. The van der Waals surface area contributed by atoms with Crippen LogP contribution in [-0.4, -0.2) is 44.0 Å². The lowest BCUT2D eigenvalue weighted by Crippen LogP contribution is -2.39. The first-order chi connectivity index (χ1) is 10.6. The van der Waals surface area contributed by atoms with Crippen LogP contribution in [0.3, 0.4) is 0 Å². The smallest absolute Gasteiger partial charge is 0.313 e. The quantitative estimate of drug-likeness (QED) is 0.616. The van der Waals surface area contributed by atoms with Gasteiger partial charge in [0.25, 0.3) is 0 Å². The van der Waals surface area contributed by atoms with Crippen LogP contribution in [0.15, 0.2) is 43.5 Å². The molecular formula is C16H20N2O4. The molecule has 0 aliphatic rings. The van der Waals surface area contributed by atoms with E-state index in [2.05, 4.69) is 18.5 Å². The van der Waals surface area contributed by atoms with Crippen molar-refractivity contribution in [3.63, 3.8) is 0 Å². The van der Waals surface area contributed by atoms with Crippen LogP contribution in [0, 0.1) is 0 Å². The first-order valence-electron chi connectivity index (χ1n) is 6.61. The van der Waals surface area contributed by atoms with Crippen LogP contribution < -0.4 is 14.8 Å². The zero-order valence-corrected chi connectivity index (χ0v) is 12.8. The number of benzene rings is 1. The van der Waals surface area contributed by atoms with Gasteiger partial charge in [-0.2, -0.15) is 0 Å². The van der Waals surface area contributed by atoms with Gasteiger partial charge < -0.3 is 19.7 Å². The molecule has 0 radical (unpaired) electrons. The van der Waals surface area contributed by atoms with E-state index in [4.69, 9.17) is 9.47 Å². The molecule has 1 N–H and O–H groups in total. The number of methoxy groups -OCH3 is 2. The molecule has 2 amide bonds. The van der Waals surface area contributed by atoms with Crippen molar-refractivity contribution in [1.82, 2.24) is 4.90 Å². The molecular weight excluding hydrogens is 284 g/mol. The Morgan fingerprint density at radius 3 is 2.23 bits per heavy atom. The molecule has 0 spiro atoms. The van der Waals surface area contributed by atoms with Crippen molar-refractivity contribution < 1.29 is 19.1 Å². The van der Waals surface area contributed by atoms with Gasteiger partial charge in [-0.25, -0.2) is 0 Å². The summed E-state index contributed by atoms with van der Waals surface area (Å²) in [5, 5.41) is 2.53. The minimum atomic E-state index is -0.740. The monoisotopic (exact) mass is 304 g/mol. The van der Waals surface area contributed by atoms with Gasteiger partial charge >= 0.3 is 11.8 Å². The molecule has 1 rings (SSSR count). The molecule has 0 heterocycles. The Labute approximate surface area is 130 Å². The van der Waals surface area contributed by atoms with E-state index in [9.17, 15) is 9.59 Å². The second-order valence-electron chi connectivity index (χ2n) is 4.31. The van der Waals surface area contributed by atoms with Crippen LogP contribution >= 0.6 is 0 Å². The van der Waals surface area contributed by atoms with E-state index >= 15 is 0 Å². The minimum absolute atomic E-state index is 0.268. The fourth-order valence-electron chi connectivity index (χ4n) is 1.79. The van der Waals surface area contributed by atoms with Gasteiger partial charge in [0.05, 0.1) is 14.2 Å². The molecule has 1 aromatic rings. The lowest BCUT2D eigenvalue weighted by molar-refractivity contribution is -0.142. The third kappa shape index (κ3) is 4.37. The number of nitrogens with one attached hydrogen (secondary N) is 1. The molecule has 0 aliphatic carbocycles. The maximum Gasteiger partial charge on any atom is 0.313 e. The fourth-order valence-corrected chi connectivity index (χ4v) is 1.79. The highest BCUT2D eigenvalue weighted by molar-refractivity contribution is 6.39. The average Bonchev–Trinajstić information content (AvgIpc) is 2.53. The second-order valence-corrected chi connectivity index (χ2v) is 4.31. The molecule has 0 aromatic heterocycles. The van der Waals surface area contributed by atoms with Crippen LogP contribution in [0.5, 0.6) is 11.5 Å². The molecule has 6 heteroatoms. The number of hydrogen-bond acceptors (Lipinski definition) is 4. The van der Waals surface area contributed by atoms with Crippen LogP contribution in [0.25, 0.3) is 0 Å². The van der Waals surface area contributed by atoms with Gasteiger partial charge in [-0.05, 0) is 12.1 Å². The Hall–Kier alpha value is -2.76.